The first-order valence-corrected chi connectivity index (χ1v) is 9.14. The molecule has 0 aliphatic heterocycles. The number of nitrogens with zero attached hydrogens (tertiary/aromatic N) is 1. The smallest absolute Gasteiger partial charge is 0.262 e. The minimum absolute atomic E-state index is 0.0232. The highest BCUT2D eigenvalue weighted by Gasteiger charge is 2.25. The summed E-state index contributed by atoms with van der Waals surface area (Å²) in [5.41, 5.74) is 1.81. The molecule has 0 radical (unpaired) electrons. The molecule has 1 heterocycles. The zero-order valence-electron chi connectivity index (χ0n) is 15.1. The van der Waals surface area contributed by atoms with Crippen LogP contribution in [0.4, 0.5) is 5.69 Å². The second-order valence-electron chi connectivity index (χ2n) is 6.56. The van der Waals surface area contributed by atoms with Gasteiger partial charge in [0, 0.05) is 12.2 Å². The molecule has 0 bridgehead atoms. The van der Waals surface area contributed by atoms with E-state index in [-0.39, 0.29) is 17.7 Å². The van der Waals surface area contributed by atoms with E-state index in [0.29, 0.717) is 4.88 Å². The fourth-order valence-electron chi connectivity index (χ4n) is 2.49. The van der Waals surface area contributed by atoms with Crippen molar-refractivity contribution in [1.29, 1.82) is 0 Å². The van der Waals surface area contributed by atoms with Gasteiger partial charge in [0.2, 0.25) is 5.91 Å². The fraction of sp³-hybridized carbons (Fsp3) is 0.368. The summed E-state index contributed by atoms with van der Waals surface area (Å²) in [4.78, 5) is 27.7. The van der Waals surface area contributed by atoms with Crippen LogP contribution in [0, 0.1) is 5.92 Å². The lowest BCUT2D eigenvalue weighted by atomic mass is 10.0. The Labute approximate surface area is 153 Å². The van der Waals surface area contributed by atoms with Crippen molar-refractivity contribution in [2.24, 2.45) is 5.92 Å². The van der Waals surface area contributed by atoms with E-state index < -0.39 is 6.04 Å². The van der Waals surface area contributed by atoms with Crippen LogP contribution in [0.1, 0.15) is 29.1 Å². The van der Waals surface area contributed by atoms with Gasteiger partial charge in [0.25, 0.3) is 5.91 Å². The fourth-order valence-corrected chi connectivity index (χ4v) is 3.11. The van der Waals surface area contributed by atoms with Gasteiger partial charge in [-0.1, -0.05) is 38.1 Å². The monoisotopic (exact) mass is 359 g/mol. The number of carbonyl (C=O) groups is 2. The summed E-state index contributed by atoms with van der Waals surface area (Å²) >= 11 is 1.36. The number of hydrogen-bond donors (Lipinski definition) is 2. The zero-order chi connectivity index (χ0) is 18.4. The van der Waals surface area contributed by atoms with Crippen molar-refractivity contribution >= 4 is 28.8 Å². The lowest BCUT2D eigenvalue weighted by Crippen LogP contribution is -2.47. The van der Waals surface area contributed by atoms with Crippen LogP contribution >= 0.6 is 11.3 Å². The average Bonchev–Trinajstić information content (AvgIpc) is 3.08. The minimum Gasteiger partial charge on any atom is -0.339 e. The van der Waals surface area contributed by atoms with E-state index in [1.807, 2.05) is 68.6 Å². The van der Waals surface area contributed by atoms with Gasteiger partial charge in [0.1, 0.15) is 6.04 Å². The second kappa shape index (κ2) is 8.78. The zero-order valence-corrected chi connectivity index (χ0v) is 15.9. The molecular weight excluding hydrogens is 334 g/mol. The quantitative estimate of drug-likeness (QED) is 0.798. The highest BCUT2D eigenvalue weighted by Crippen LogP contribution is 2.18. The van der Waals surface area contributed by atoms with Crippen LogP contribution in [0.3, 0.4) is 0 Å². The van der Waals surface area contributed by atoms with E-state index in [1.165, 1.54) is 11.3 Å². The van der Waals surface area contributed by atoms with Gasteiger partial charge in [-0.2, -0.15) is 0 Å². The Balaban J connectivity index is 2.12. The molecule has 1 unspecified atom stereocenters. The Morgan fingerprint density at radius 3 is 2.44 bits per heavy atom. The number of para-hydroxylation sites is 1. The predicted octanol–water partition coefficient (Wildman–Crippen LogP) is 3.20. The first-order valence-electron chi connectivity index (χ1n) is 8.26. The summed E-state index contributed by atoms with van der Waals surface area (Å²) in [5, 5.41) is 7.66. The molecule has 0 aliphatic carbocycles. The number of anilines is 1. The van der Waals surface area contributed by atoms with Gasteiger partial charge in [-0.05, 0) is 43.1 Å². The minimum atomic E-state index is -0.595. The van der Waals surface area contributed by atoms with Crippen molar-refractivity contribution in [3.05, 3.63) is 52.2 Å². The van der Waals surface area contributed by atoms with Crippen LogP contribution < -0.4 is 10.6 Å². The molecule has 0 fully saturated rings. The van der Waals surface area contributed by atoms with Crippen molar-refractivity contribution in [3.63, 3.8) is 0 Å². The van der Waals surface area contributed by atoms with Crippen LogP contribution in [-0.4, -0.2) is 36.9 Å². The van der Waals surface area contributed by atoms with E-state index in [9.17, 15) is 9.59 Å². The summed E-state index contributed by atoms with van der Waals surface area (Å²) in [6, 6.07) is 10.7. The molecule has 2 amide bonds. The normalized spacial score (nSPS) is 12.2. The second-order valence-corrected chi connectivity index (χ2v) is 7.50. The van der Waals surface area contributed by atoms with E-state index in [2.05, 4.69) is 10.6 Å². The molecule has 2 N–H and O–H groups in total. The van der Waals surface area contributed by atoms with Crippen LogP contribution in [-0.2, 0) is 11.3 Å². The van der Waals surface area contributed by atoms with Gasteiger partial charge in [0.05, 0.1) is 4.88 Å². The van der Waals surface area contributed by atoms with E-state index in [1.54, 1.807) is 6.07 Å². The maximum absolute atomic E-state index is 12.8. The maximum atomic E-state index is 12.8. The van der Waals surface area contributed by atoms with Gasteiger partial charge < -0.3 is 15.5 Å². The summed E-state index contributed by atoms with van der Waals surface area (Å²) < 4.78 is 0. The van der Waals surface area contributed by atoms with E-state index >= 15 is 0 Å². The largest absolute Gasteiger partial charge is 0.339 e. The predicted molar refractivity (Wildman–Crippen MR) is 103 cm³/mol. The first-order chi connectivity index (χ1) is 11.9. The number of rotatable bonds is 7. The highest BCUT2D eigenvalue weighted by atomic mass is 32.1. The molecule has 6 heteroatoms. The Morgan fingerprint density at radius 1 is 1.12 bits per heavy atom. The lowest BCUT2D eigenvalue weighted by Gasteiger charge is -2.22. The Morgan fingerprint density at radius 2 is 1.84 bits per heavy atom. The molecule has 1 aromatic carbocycles. The third kappa shape index (κ3) is 5.41. The van der Waals surface area contributed by atoms with Crippen LogP contribution in [0.5, 0.6) is 0 Å². The topological polar surface area (TPSA) is 61.4 Å². The SMILES string of the molecule is CC(C)C(NC(=O)c1cccs1)C(=O)Nc1ccccc1CN(C)C. The van der Waals surface area contributed by atoms with Crippen LogP contribution in [0.25, 0.3) is 0 Å². The molecule has 1 atom stereocenters. The molecule has 1 aromatic heterocycles. The molecular formula is C19H25N3O2S. The van der Waals surface area contributed by atoms with E-state index in [0.717, 1.165) is 17.8 Å². The molecule has 134 valence electrons. The van der Waals surface area contributed by atoms with Crippen molar-refractivity contribution in [2.45, 2.75) is 26.4 Å². The van der Waals surface area contributed by atoms with Crippen LogP contribution in [0.15, 0.2) is 41.8 Å². The Hall–Kier alpha value is -2.18. The van der Waals surface area contributed by atoms with Crippen LogP contribution in [0.2, 0.25) is 0 Å². The molecule has 2 rings (SSSR count). The molecule has 25 heavy (non-hydrogen) atoms. The van der Waals surface area contributed by atoms with Gasteiger partial charge >= 0.3 is 0 Å². The van der Waals surface area contributed by atoms with Crippen molar-refractivity contribution in [1.82, 2.24) is 10.2 Å². The van der Waals surface area contributed by atoms with Gasteiger partial charge in [0.15, 0.2) is 0 Å². The third-order valence-electron chi connectivity index (χ3n) is 3.74. The maximum Gasteiger partial charge on any atom is 0.262 e. The molecule has 0 saturated carbocycles. The molecule has 0 saturated heterocycles. The summed E-state index contributed by atoms with van der Waals surface area (Å²) in [6.45, 7) is 4.57. The highest BCUT2D eigenvalue weighted by molar-refractivity contribution is 7.12. The number of amides is 2. The number of hydrogen-bond acceptors (Lipinski definition) is 4. The summed E-state index contributed by atoms with van der Waals surface area (Å²) in [6.07, 6.45) is 0. The van der Waals surface area contributed by atoms with E-state index in [4.69, 9.17) is 0 Å². The number of nitrogens with one attached hydrogen (secondary N) is 2. The van der Waals surface area contributed by atoms with Crippen molar-refractivity contribution in [2.75, 3.05) is 19.4 Å². The number of carbonyl (C=O) groups excluding carboxylic acids is 2. The Kier molecular flexibility index (Phi) is 6.73. The lowest BCUT2D eigenvalue weighted by molar-refractivity contribution is -0.118. The Bertz CT molecular complexity index is 711. The number of thiophene rings is 1. The third-order valence-corrected chi connectivity index (χ3v) is 4.61. The molecule has 5 nitrogen and oxygen atoms in total. The molecule has 2 aromatic rings. The summed E-state index contributed by atoms with van der Waals surface area (Å²) in [5.74, 6) is -0.443. The molecule has 0 aliphatic rings. The summed E-state index contributed by atoms with van der Waals surface area (Å²) in [7, 11) is 3.97. The molecule has 0 spiro atoms. The first kappa shape index (κ1) is 19.1. The van der Waals surface area contributed by atoms with Gasteiger partial charge in [-0.3, -0.25) is 9.59 Å². The average molecular weight is 359 g/mol. The van der Waals surface area contributed by atoms with Crippen molar-refractivity contribution < 1.29 is 9.59 Å². The number of benzene rings is 1. The van der Waals surface area contributed by atoms with Gasteiger partial charge in [-0.15, -0.1) is 11.3 Å². The van der Waals surface area contributed by atoms with Gasteiger partial charge in [-0.25, -0.2) is 0 Å². The van der Waals surface area contributed by atoms with Crippen molar-refractivity contribution in [3.8, 4) is 0 Å². The standard InChI is InChI=1S/C19H25N3O2S/c1-13(2)17(21-18(23)16-10-7-11-25-16)19(24)20-15-9-6-5-8-14(15)12-22(3)4/h5-11,13,17H,12H2,1-4H3,(H,20,24)(H,21,23).